The molecule has 7 heteroatoms. The SMILES string of the molecule is Cn1c(=O)c2ccc([C@H]3CCN(C(=O)c4ccccc4)C3)nc2n(C)c1=O. The summed E-state index contributed by atoms with van der Waals surface area (Å²) in [7, 11) is 3.07. The molecule has 4 rings (SSSR count). The van der Waals surface area contributed by atoms with E-state index < -0.39 is 5.69 Å². The minimum Gasteiger partial charge on any atom is -0.338 e. The van der Waals surface area contributed by atoms with Crippen LogP contribution in [-0.2, 0) is 14.1 Å². The van der Waals surface area contributed by atoms with E-state index >= 15 is 0 Å². The van der Waals surface area contributed by atoms with Crippen molar-refractivity contribution < 1.29 is 4.79 Å². The highest BCUT2D eigenvalue weighted by atomic mass is 16.2. The molecule has 3 heterocycles. The van der Waals surface area contributed by atoms with Gasteiger partial charge in [-0.3, -0.25) is 18.7 Å². The van der Waals surface area contributed by atoms with Gasteiger partial charge in [0.1, 0.15) is 5.65 Å². The summed E-state index contributed by atoms with van der Waals surface area (Å²) in [5.41, 5.74) is 1.11. The number of amides is 1. The Labute approximate surface area is 155 Å². The first kappa shape index (κ1) is 17.2. The molecular formula is C20H20N4O3. The molecule has 7 nitrogen and oxygen atoms in total. The van der Waals surface area contributed by atoms with Gasteiger partial charge in [-0.15, -0.1) is 0 Å². The number of hydrogen-bond donors (Lipinski definition) is 0. The number of nitrogens with zero attached hydrogens (tertiary/aromatic N) is 4. The number of likely N-dealkylation sites (tertiary alicyclic amines) is 1. The van der Waals surface area contributed by atoms with Crippen LogP contribution in [0.4, 0.5) is 0 Å². The first-order valence-corrected chi connectivity index (χ1v) is 8.88. The summed E-state index contributed by atoms with van der Waals surface area (Å²) < 4.78 is 2.47. The number of aryl methyl sites for hydroxylation is 1. The van der Waals surface area contributed by atoms with Gasteiger partial charge in [-0.25, -0.2) is 9.78 Å². The van der Waals surface area contributed by atoms with Gasteiger partial charge in [0.05, 0.1) is 5.39 Å². The van der Waals surface area contributed by atoms with Crippen LogP contribution in [0.15, 0.2) is 52.1 Å². The molecule has 1 saturated heterocycles. The van der Waals surface area contributed by atoms with E-state index in [4.69, 9.17) is 0 Å². The third-order valence-corrected chi connectivity index (χ3v) is 5.24. The van der Waals surface area contributed by atoms with E-state index in [-0.39, 0.29) is 17.4 Å². The molecule has 0 unspecified atom stereocenters. The molecule has 0 N–H and O–H groups in total. The molecule has 0 aliphatic carbocycles. The van der Waals surface area contributed by atoms with Crippen molar-refractivity contribution in [3.63, 3.8) is 0 Å². The van der Waals surface area contributed by atoms with Crippen LogP contribution in [-0.4, -0.2) is 38.0 Å². The number of benzene rings is 1. The Bertz CT molecular complexity index is 1150. The van der Waals surface area contributed by atoms with Gasteiger partial charge in [-0.2, -0.15) is 0 Å². The van der Waals surface area contributed by atoms with Crippen LogP contribution in [0.2, 0.25) is 0 Å². The molecule has 1 amide bonds. The van der Waals surface area contributed by atoms with Crippen LogP contribution < -0.4 is 11.2 Å². The number of hydrogen-bond acceptors (Lipinski definition) is 4. The van der Waals surface area contributed by atoms with E-state index in [1.165, 1.54) is 11.6 Å². The lowest BCUT2D eigenvalue weighted by molar-refractivity contribution is 0.0790. The Morgan fingerprint density at radius 2 is 1.78 bits per heavy atom. The van der Waals surface area contributed by atoms with Crippen molar-refractivity contribution in [2.24, 2.45) is 14.1 Å². The quantitative estimate of drug-likeness (QED) is 0.686. The molecular weight excluding hydrogens is 344 g/mol. The average molecular weight is 364 g/mol. The third kappa shape index (κ3) is 2.85. The fourth-order valence-corrected chi connectivity index (χ4v) is 3.65. The minimum absolute atomic E-state index is 0.0140. The van der Waals surface area contributed by atoms with Crippen molar-refractivity contribution in [2.75, 3.05) is 13.1 Å². The molecule has 0 bridgehead atoms. The summed E-state index contributed by atoms with van der Waals surface area (Å²) in [6.45, 7) is 1.23. The van der Waals surface area contributed by atoms with Gasteiger partial charge < -0.3 is 4.90 Å². The Balaban J connectivity index is 1.65. The van der Waals surface area contributed by atoms with Gasteiger partial charge in [-0.1, -0.05) is 18.2 Å². The molecule has 2 aromatic heterocycles. The van der Waals surface area contributed by atoms with Gasteiger partial charge in [0.25, 0.3) is 11.5 Å². The second-order valence-electron chi connectivity index (χ2n) is 6.92. The summed E-state index contributed by atoms with van der Waals surface area (Å²) >= 11 is 0. The van der Waals surface area contributed by atoms with E-state index in [0.29, 0.717) is 29.7 Å². The zero-order chi connectivity index (χ0) is 19.1. The summed E-state index contributed by atoms with van der Waals surface area (Å²) in [5.74, 6) is 0.0985. The lowest BCUT2D eigenvalue weighted by Crippen LogP contribution is -2.37. The standard InChI is InChI=1S/C20H20N4O3/c1-22-17-15(19(26)23(2)20(22)27)8-9-16(21-17)14-10-11-24(12-14)18(25)13-6-4-3-5-7-13/h3-9,14H,10-12H2,1-2H3/t14-/m0/s1. The smallest absolute Gasteiger partial charge is 0.332 e. The van der Waals surface area contributed by atoms with E-state index in [9.17, 15) is 14.4 Å². The molecule has 1 aliphatic rings. The zero-order valence-corrected chi connectivity index (χ0v) is 15.3. The second kappa shape index (κ2) is 6.50. The zero-order valence-electron chi connectivity index (χ0n) is 15.3. The molecule has 3 aromatic rings. The minimum atomic E-state index is -0.399. The first-order chi connectivity index (χ1) is 13.0. The van der Waals surface area contributed by atoms with E-state index in [0.717, 1.165) is 16.7 Å². The van der Waals surface area contributed by atoms with Gasteiger partial charge in [-0.05, 0) is 30.7 Å². The molecule has 1 atom stereocenters. The molecule has 1 aromatic carbocycles. The van der Waals surface area contributed by atoms with Crippen molar-refractivity contribution in [3.05, 3.63) is 74.6 Å². The van der Waals surface area contributed by atoms with Gasteiger partial charge in [0, 0.05) is 44.4 Å². The van der Waals surface area contributed by atoms with Crippen LogP contribution >= 0.6 is 0 Å². The maximum atomic E-state index is 12.6. The van der Waals surface area contributed by atoms with Crippen LogP contribution in [0.5, 0.6) is 0 Å². The molecule has 0 saturated carbocycles. The van der Waals surface area contributed by atoms with Crippen molar-refractivity contribution >= 4 is 16.9 Å². The second-order valence-corrected chi connectivity index (χ2v) is 6.92. The number of carbonyl (C=O) groups is 1. The third-order valence-electron chi connectivity index (χ3n) is 5.24. The van der Waals surface area contributed by atoms with Crippen LogP contribution in [0, 0.1) is 0 Å². The maximum absolute atomic E-state index is 12.6. The predicted octanol–water partition coefficient (Wildman–Crippen LogP) is 1.26. The monoisotopic (exact) mass is 364 g/mol. The van der Waals surface area contributed by atoms with Gasteiger partial charge in [0.15, 0.2) is 0 Å². The molecule has 0 spiro atoms. The van der Waals surface area contributed by atoms with Crippen LogP contribution in [0.1, 0.15) is 28.4 Å². The van der Waals surface area contributed by atoms with Gasteiger partial charge in [0.2, 0.25) is 0 Å². The maximum Gasteiger partial charge on any atom is 0.332 e. The topological polar surface area (TPSA) is 77.2 Å². The lowest BCUT2D eigenvalue weighted by Gasteiger charge is -2.17. The van der Waals surface area contributed by atoms with Crippen molar-refractivity contribution in [1.29, 1.82) is 0 Å². The summed E-state index contributed by atoms with van der Waals surface area (Å²) in [4.78, 5) is 43.5. The lowest BCUT2D eigenvalue weighted by atomic mass is 10.0. The average Bonchev–Trinajstić information content (AvgIpc) is 3.20. The number of aromatic nitrogens is 3. The Kier molecular flexibility index (Phi) is 4.14. The number of pyridine rings is 1. The molecule has 27 heavy (non-hydrogen) atoms. The number of carbonyl (C=O) groups excluding carboxylic acids is 1. The highest BCUT2D eigenvalue weighted by Crippen LogP contribution is 2.27. The molecule has 138 valence electrons. The molecule has 1 aliphatic heterocycles. The Morgan fingerprint density at radius 3 is 2.52 bits per heavy atom. The largest absolute Gasteiger partial charge is 0.338 e. The Hall–Kier alpha value is -3.22. The predicted molar refractivity (Wildman–Crippen MR) is 102 cm³/mol. The van der Waals surface area contributed by atoms with E-state index in [2.05, 4.69) is 4.98 Å². The van der Waals surface area contributed by atoms with Crippen LogP contribution in [0.3, 0.4) is 0 Å². The van der Waals surface area contributed by atoms with E-state index in [1.54, 1.807) is 13.1 Å². The number of rotatable bonds is 2. The number of fused-ring (bicyclic) bond motifs is 1. The summed E-state index contributed by atoms with van der Waals surface area (Å²) in [6.07, 6.45) is 0.801. The van der Waals surface area contributed by atoms with Gasteiger partial charge >= 0.3 is 5.69 Å². The first-order valence-electron chi connectivity index (χ1n) is 8.88. The fraction of sp³-hybridized carbons (Fsp3) is 0.300. The summed E-state index contributed by atoms with van der Waals surface area (Å²) in [6, 6.07) is 12.8. The van der Waals surface area contributed by atoms with Crippen molar-refractivity contribution in [2.45, 2.75) is 12.3 Å². The highest BCUT2D eigenvalue weighted by molar-refractivity contribution is 5.94. The molecule has 1 fully saturated rings. The summed E-state index contributed by atoms with van der Waals surface area (Å²) in [5, 5.41) is 0.415. The van der Waals surface area contributed by atoms with Crippen molar-refractivity contribution in [3.8, 4) is 0 Å². The normalized spacial score (nSPS) is 16.8. The molecule has 0 radical (unpaired) electrons. The van der Waals surface area contributed by atoms with E-state index in [1.807, 2.05) is 41.3 Å². The Morgan fingerprint density at radius 1 is 1.04 bits per heavy atom. The van der Waals surface area contributed by atoms with Crippen LogP contribution in [0.25, 0.3) is 11.0 Å². The highest BCUT2D eigenvalue weighted by Gasteiger charge is 2.29. The fourth-order valence-electron chi connectivity index (χ4n) is 3.65. The van der Waals surface area contributed by atoms with Crippen molar-refractivity contribution in [1.82, 2.24) is 19.0 Å².